The van der Waals surface area contributed by atoms with E-state index in [2.05, 4.69) is 30.6 Å². The van der Waals surface area contributed by atoms with Crippen LogP contribution in [0.2, 0.25) is 0 Å². The first-order valence-electron chi connectivity index (χ1n) is 11.5. The number of carboxylic acid groups (broad SMARTS) is 1. The molecule has 2 atom stereocenters. The second-order valence-electron chi connectivity index (χ2n) is 8.79. The summed E-state index contributed by atoms with van der Waals surface area (Å²) in [5.74, 6) is 1.05. The number of pyridine rings is 1. The van der Waals surface area contributed by atoms with E-state index in [1.165, 1.54) is 0 Å². The molecule has 0 spiro atoms. The minimum atomic E-state index is -0.755. The Bertz CT molecular complexity index is 1190. The van der Waals surface area contributed by atoms with Crippen LogP contribution in [0.3, 0.4) is 0 Å². The van der Waals surface area contributed by atoms with Gasteiger partial charge in [0.05, 0.1) is 23.4 Å². The fourth-order valence-corrected chi connectivity index (χ4v) is 4.06. The number of nitrogens with one attached hydrogen (secondary N) is 1. The molecule has 2 N–H and O–H groups in total. The third-order valence-electron chi connectivity index (χ3n) is 6.05. The van der Waals surface area contributed by atoms with E-state index >= 15 is 0 Å². The van der Waals surface area contributed by atoms with E-state index in [1.54, 1.807) is 24.0 Å². The number of carboxylic acids is 1. The van der Waals surface area contributed by atoms with Gasteiger partial charge in [-0.2, -0.15) is 4.98 Å². The van der Waals surface area contributed by atoms with E-state index in [4.69, 9.17) is 9.47 Å². The lowest BCUT2D eigenvalue weighted by Gasteiger charge is -2.27. The van der Waals surface area contributed by atoms with Gasteiger partial charge in [0, 0.05) is 19.3 Å². The smallest absolute Gasteiger partial charge is 0.306 e. The number of aliphatic carboxylic acids is 1. The standard InChI is InChI=1S/C23H27N7O4/c1-13-18(33-16-5-3-4-14(12-16)22(31)32)9-8-17(25-13)20-21(30(2)29-28-20)27-23-24-11-10-19(26-23)34-15-6-7-15/h8-11,14-16H,3-7,12H2,1-2H3,(H,31,32)(H,24,26,27)/t14-,16-/m0/s1. The number of aromatic nitrogens is 6. The quantitative estimate of drug-likeness (QED) is 0.510. The van der Waals surface area contributed by atoms with E-state index in [0.717, 1.165) is 25.7 Å². The van der Waals surface area contributed by atoms with Crippen molar-refractivity contribution in [2.75, 3.05) is 5.32 Å². The highest BCUT2D eigenvalue weighted by molar-refractivity contribution is 5.72. The lowest BCUT2D eigenvalue weighted by atomic mass is 9.87. The number of anilines is 2. The van der Waals surface area contributed by atoms with Crippen molar-refractivity contribution in [3.63, 3.8) is 0 Å². The van der Waals surface area contributed by atoms with Gasteiger partial charge >= 0.3 is 5.97 Å². The van der Waals surface area contributed by atoms with Crippen molar-refractivity contribution in [2.24, 2.45) is 13.0 Å². The molecular weight excluding hydrogens is 438 g/mol. The van der Waals surface area contributed by atoms with Gasteiger partial charge in [0.15, 0.2) is 11.5 Å². The zero-order valence-electron chi connectivity index (χ0n) is 19.1. The summed E-state index contributed by atoms with van der Waals surface area (Å²) < 4.78 is 13.5. The highest BCUT2D eigenvalue weighted by Crippen LogP contribution is 2.32. The minimum absolute atomic E-state index is 0.128. The summed E-state index contributed by atoms with van der Waals surface area (Å²) in [6, 6.07) is 5.41. The van der Waals surface area contributed by atoms with Crippen molar-refractivity contribution in [3.8, 4) is 23.0 Å². The maximum Gasteiger partial charge on any atom is 0.306 e. The first kappa shape index (κ1) is 22.1. The molecule has 34 heavy (non-hydrogen) atoms. The Labute approximate surface area is 196 Å². The maximum absolute atomic E-state index is 11.3. The van der Waals surface area contributed by atoms with Gasteiger partial charge in [-0.15, -0.1) is 5.10 Å². The van der Waals surface area contributed by atoms with Crippen LogP contribution in [-0.4, -0.2) is 53.2 Å². The Kier molecular flexibility index (Phi) is 5.99. The van der Waals surface area contributed by atoms with E-state index < -0.39 is 5.97 Å². The molecule has 0 unspecified atom stereocenters. The molecule has 0 aromatic carbocycles. The molecule has 178 valence electrons. The van der Waals surface area contributed by atoms with Crippen LogP contribution in [-0.2, 0) is 11.8 Å². The molecular formula is C23H27N7O4. The van der Waals surface area contributed by atoms with Crippen molar-refractivity contribution < 1.29 is 19.4 Å². The number of ether oxygens (including phenoxy) is 2. The number of aryl methyl sites for hydroxylation is 2. The Morgan fingerprint density at radius 2 is 1.97 bits per heavy atom. The summed E-state index contributed by atoms with van der Waals surface area (Å²) >= 11 is 0. The third kappa shape index (κ3) is 4.92. The van der Waals surface area contributed by atoms with Crippen LogP contribution in [0.25, 0.3) is 11.4 Å². The zero-order chi connectivity index (χ0) is 23.7. The van der Waals surface area contributed by atoms with Gasteiger partial charge in [-0.3, -0.25) is 4.79 Å². The van der Waals surface area contributed by atoms with Crippen LogP contribution in [0, 0.1) is 12.8 Å². The summed E-state index contributed by atoms with van der Waals surface area (Å²) in [5.41, 5.74) is 1.87. The molecule has 2 fully saturated rings. The predicted octanol–water partition coefficient (Wildman–Crippen LogP) is 3.28. The molecule has 3 aromatic rings. The van der Waals surface area contributed by atoms with Crippen molar-refractivity contribution in [3.05, 3.63) is 30.1 Å². The van der Waals surface area contributed by atoms with Gasteiger partial charge in [0.25, 0.3) is 0 Å². The molecule has 2 aliphatic carbocycles. The molecule has 0 saturated heterocycles. The Morgan fingerprint density at radius 1 is 1.12 bits per heavy atom. The fourth-order valence-electron chi connectivity index (χ4n) is 4.06. The molecule has 5 rings (SSSR count). The Morgan fingerprint density at radius 3 is 2.74 bits per heavy atom. The van der Waals surface area contributed by atoms with E-state index in [9.17, 15) is 9.90 Å². The molecule has 0 amide bonds. The lowest BCUT2D eigenvalue weighted by molar-refractivity contribution is -0.143. The summed E-state index contributed by atoms with van der Waals surface area (Å²) in [7, 11) is 1.77. The van der Waals surface area contributed by atoms with Crippen molar-refractivity contribution in [2.45, 2.75) is 57.7 Å². The van der Waals surface area contributed by atoms with Crippen LogP contribution in [0.4, 0.5) is 11.8 Å². The van der Waals surface area contributed by atoms with Gasteiger partial charge in [0.2, 0.25) is 11.8 Å². The Hall–Kier alpha value is -3.76. The summed E-state index contributed by atoms with van der Waals surface area (Å²) in [6.45, 7) is 1.86. The average molecular weight is 466 g/mol. The largest absolute Gasteiger partial charge is 0.489 e. The van der Waals surface area contributed by atoms with Crippen LogP contribution in [0.15, 0.2) is 24.4 Å². The fraction of sp³-hybridized carbons (Fsp3) is 0.478. The SMILES string of the molecule is Cc1nc(-c2nnn(C)c2Nc2nccc(OC3CC3)n2)ccc1O[C@H]1CCC[C@H](C(=O)O)C1. The van der Waals surface area contributed by atoms with Gasteiger partial charge in [-0.1, -0.05) is 5.21 Å². The first-order chi connectivity index (χ1) is 16.5. The van der Waals surface area contributed by atoms with E-state index in [0.29, 0.717) is 53.3 Å². The topological polar surface area (TPSA) is 137 Å². The minimum Gasteiger partial charge on any atom is -0.489 e. The maximum atomic E-state index is 11.3. The van der Waals surface area contributed by atoms with Crippen LogP contribution >= 0.6 is 0 Å². The molecule has 3 heterocycles. The molecule has 0 bridgehead atoms. The molecule has 3 aromatic heterocycles. The average Bonchev–Trinajstić information content (AvgIpc) is 3.57. The number of nitrogens with zero attached hydrogens (tertiary/aromatic N) is 6. The Balaban J connectivity index is 1.33. The number of hydrogen-bond donors (Lipinski definition) is 2. The van der Waals surface area contributed by atoms with E-state index in [1.807, 2.05) is 19.1 Å². The van der Waals surface area contributed by atoms with Crippen molar-refractivity contribution in [1.29, 1.82) is 0 Å². The highest BCUT2D eigenvalue weighted by atomic mass is 16.5. The number of rotatable bonds is 8. The number of hydrogen-bond acceptors (Lipinski definition) is 9. The molecule has 0 aliphatic heterocycles. The summed E-state index contributed by atoms with van der Waals surface area (Å²) in [5, 5.41) is 20.9. The van der Waals surface area contributed by atoms with Crippen LogP contribution in [0.5, 0.6) is 11.6 Å². The number of carbonyl (C=O) groups is 1. The second kappa shape index (κ2) is 9.24. The molecule has 0 radical (unpaired) electrons. The van der Waals surface area contributed by atoms with Crippen LogP contribution < -0.4 is 14.8 Å². The molecule has 2 saturated carbocycles. The molecule has 11 heteroatoms. The molecule has 2 aliphatic rings. The van der Waals surface area contributed by atoms with Gasteiger partial charge in [-0.25, -0.2) is 14.6 Å². The van der Waals surface area contributed by atoms with E-state index in [-0.39, 0.29) is 18.1 Å². The van der Waals surface area contributed by atoms with Crippen molar-refractivity contribution in [1.82, 2.24) is 29.9 Å². The van der Waals surface area contributed by atoms with Crippen molar-refractivity contribution >= 4 is 17.7 Å². The van der Waals surface area contributed by atoms with Gasteiger partial charge in [0.1, 0.15) is 11.9 Å². The first-order valence-corrected chi connectivity index (χ1v) is 11.5. The normalized spacial score (nSPS) is 20.1. The summed E-state index contributed by atoms with van der Waals surface area (Å²) in [4.78, 5) is 24.7. The lowest BCUT2D eigenvalue weighted by Crippen LogP contribution is -2.29. The van der Waals surface area contributed by atoms with Gasteiger partial charge < -0.3 is 19.9 Å². The van der Waals surface area contributed by atoms with Crippen LogP contribution in [0.1, 0.15) is 44.2 Å². The highest BCUT2D eigenvalue weighted by Gasteiger charge is 2.29. The molecule has 11 nitrogen and oxygen atoms in total. The second-order valence-corrected chi connectivity index (χ2v) is 8.79. The third-order valence-corrected chi connectivity index (χ3v) is 6.05. The monoisotopic (exact) mass is 465 g/mol. The summed E-state index contributed by atoms with van der Waals surface area (Å²) in [6.07, 6.45) is 6.76. The van der Waals surface area contributed by atoms with Gasteiger partial charge in [-0.05, 0) is 57.6 Å². The predicted molar refractivity (Wildman–Crippen MR) is 122 cm³/mol. The zero-order valence-corrected chi connectivity index (χ0v) is 19.1.